The predicted octanol–water partition coefficient (Wildman–Crippen LogP) is 1.37. The molecule has 0 bridgehead atoms. The summed E-state index contributed by atoms with van der Waals surface area (Å²) in [6.07, 6.45) is 5.99. The minimum Gasteiger partial charge on any atom is -0.244 e. The van der Waals surface area contributed by atoms with Crippen LogP contribution in [0.1, 0.15) is 0 Å². The first kappa shape index (κ1) is 7.32. The van der Waals surface area contributed by atoms with Crippen LogP contribution in [0.25, 0.3) is 21.8 Å². The SMILES string of the molecule is [c]1cc2cc3ncncc3cc2nn1. The number of rotatable bonds is 0. The topological polar surface area (TPSA) is 51.6 Å². The Hall–Kier alpha value is -2.10. The molecule has 0 amide bonds. The fourth-order valence-electron chi connectivity index (χ4n) is 1.42. The summed E-state index contributed by atoms with van der Waals surface area (Å²) >= 11 is 0. The molecule has 2 heterocycles. The minimum atomic E-state index is 0.839. The Kier molecular flexibility index (Phi) is 1.41. The summed E-state index contributed by atoms with van der Waals surface area (Å²) in [5.41, 5.74) is 1.75. The summed E-state index contributed by atoms with van der Waals surface area (Å²) < 4.78 is 0. The molecular formula is C10H5N4. The Morgan fingerprint density at radius 2 is 2.00 bits per heavy atom. The third-order valence-electron chi connectivity index (χ3n) is 2.09. The van der Waals surface area contributed by atoms with Gasteiger partial charge in [-0.15, -0.1) is 10.2 Å². The molecule has 0 aliphatic carbocycles. The van der Waals surface area contributed by atoms with Crippen LogP contribution in [-0.4, -0.2) is 20.2 Å². The normalized spacial score (nSPS) is 10.9. The monoisotopic (exact) mass is 181 g/mol. The van der Waals surface area contributed by atoms with Crippen LogP contribution in [-0.2, 0) is 0 Å². The summed E-state index contributed by atoms with van der Waals surface area (Å²) in [6, 6.07) is 5.67. The molecule has 0 saturated carbocycles. The highest BCUT2D eigenvalue weighted by molar-refractivity contribution is 5.93. The molecule has 0 fully saturated rings. The van der Waals surface area contributed by atoms with Crippen molar-refractivity contribution in [3.05, 3.63) is 36.9 Å². The quantitative estimate of drug-likeness (QED) is 0.491. The molecule has 0 unspecified atom stereocenters. The van der Waals surface area contributed by atoms with Crippen LogP contribution in [0.2, 0.25) is 0 Å². The highest BCUT2D eigenvalue weighted by Crippen LogP contribution is 2.17. The Morgan fingerprint density at radius 3 is 3.00 bits per heavy atom. The van der Waals surface area contributed by atoms with Gasteiger partial charge in [0.05, 0.1) is 11.0 Å². The minimum absolute atomic E-state index is 0.839. The summed E-state index contributed by atoms with van der Waals surface area (Å²) in [5.74, 6) is 0. The fourth-order valence-corrected chi connectivity index (χ4v) is 1.42. The van der Waals surface area contributed by atoms with Crippen LogP contribution in [0.5, 0.6) is 0 Å². The second-order valence-corrected chi connectivity index (χ2v) is 2.97. The molecule has 3 rings (SSSR count). The zero-order chi connectivity index (χ0) is 9.38. The third kappa shape index (κ3) is 1.01. The van der Waals surface area contributed by atoms with E-state index in [1.54, 1.807) is 12.3 Å². The third-order valence-corrected chi connectivity index (χ3v) is 2.09. The largest absolute Gasteiger partial charge is 0.244 e. The van der Waals surface area contributed by atoms with E-state index in [1.807, 2.05) is 12.1 Å². The van der Waals surface area contributed by atoms with E-state index in [9.17, 15) is 0 Å². The van der Waals surface area contributed by atoms with Crippen molar-refractivity contribution in [2.75, 3.05) is 0 Å². The lowest BCUT2D eigenvalue weighted by Gasteiger charge is -1.97. The summed E-state index contributed by atoms with van der Waals surface area (Å²) in [5, 5.41) is 9.64. The maximum absolute atomic E-state index is 4.16. The van der Waals surface area contributed by atoms with Crippen molar-refractivity contribution in [1.82, 2.24) is 20.2 Å². The van der Waals surface area contributed by atoms with Gasteiger partial charge in [0.15, 0.2) is 0 Å². The number of benzene rings is 1. The smallest absolute Gasteiger partial charge is 0.116 e. The first-order valence-electron chi connectivity index (χ1n) is 4.17. The van der Waals surface area contributed by atoms with Crippen LogP contribution < -0.4 is 0 Å². The number of aromatic nitrogens is 4. The van der Waals surface area contributed by atoms with Crippen molar-refractivity contribution in [2.24, 2.45) is 0 Å². The molecule has 1 aromatic carbocycles. The van der Waals surface area contributed by atoms with Crippen LogP contribution in [0.3, 0.4) is 0 Å². The highest BCUT2D eigenvalue weighted by atomic mass is 15.1. The molecule has 14 heavy (non-hydrogen) atoms. The van der Waals surface area contributed by atoms with E-state index in [-0.39, 0.29) is 0 Å². The molecule has 0 N–H and O–H groups in total. The Bertz CT molecular complexity index is 501. The summed E-state index contributed by atoms with van der Waals surface area (Å²) in [7, 11) is 0. The van der Waals surface area contributed by atoms with Crippen LogP contribution in [0.15, 0.2) is 30.7 Å². The van der Waals surface area contributed by atoms with Crippen LogP contribution >= 0.6 is 0 Å². The Balaban J connectivity index is 2.52. The van der Waals surface area contributed by atoms with Crippen molar-refractivity contribution in [1.29, 1.82) is 0 Å². The van der Waals surface area contributed by atoms with E-state index in [0.29, 0.717) is 0 Å². The second-order valence-electron chi connectivity index (χ2n) is 2.97. The number of hydrogen-bond acceptors (Lipinski definition) is 4. The van der Waals surface area contributed by atoms with Gasteiger partial charge in [-0.2, -0.15) is 0 Å². The van der Waals surface area contributed by atoms with Gasteiger partial charge < -0.3 is 0 Å². The predicted molar refractivity (Wildman–Crippen MR) is 51.5 cm³/mol. The van der Waals surface area contributed by atoms with Gasteiger partial charge >= 0.3 is 0 Å². The van der Waals surface area contributed by atoms with Crippen LogP contribution in [0.4, 0.5) is 0 Å². The fraction of sp³-hybridized carbons (Fsp3) is 0. The van der Waals surface area contributed by atoms with E-state index >= 15 is 0 Å². The summed E-state index contributed by atoms with van der Waals surface area (Å²) in [4.78, 5) is 8.11. The van der Waals surface area contributed by atoms with E-state index in [4.69, 9.17) is 0 Å². The van der Waals surface area contributed by atoms with Crippen molar-refractivity contribution < 1.29 is 0 Å². The van der Waals surface area contributed by atoms with Crippen LogP contribution in [0, 0.1) is 6.20 Å². The maximum Gasteiger partial charge on any atom is 0.116 e. The van der Waals surface area contributed by atoms with Gasteiger partial charge in [0.2, 0.25) is 0 Å². The number of fused-ring (bicyclic) bond motifs is 2. The molecule has 0 aliphatic heterocycles. The van der Waals surface area contributed by atoms with E-state index in [1.165, 1.54) is 6.33 Å². The molecular weight excluding hydrogens is 176 g/mol. The van der Waals surface area contributed by atoms with Gasteiger partial charge in [-0.1, -0.05) is 0 Å². The van der Waals surface area contributed by atoms with Gasteiger partial charge in [0.1, 0.15) is 12.5 Å². The van der Waals surface area contributed by atoms with Gasteiger partial charge in [0, 0.05) is 17.0 Å². The summed E-state index contributed by atoms with van der Waals surface area (Å²) in [6.45, 7) is 0. The Morgan fingerprint density at radius 1 is 1.07 bits per heavy atom. The lowest BCUT2D eigenvalue weighted by molar-refractivity contribution is 1.07. The molecule has 1 radical (unpaired) electrons. The van der Waals surface area contributed by atoms with Crippen molar-refractivity contribution in [3.8, 4) is 0 Å². The number of nitrogens with zero attached hydrogens (tertiary/aromatic N) is 4. The molecule has 0 saturated heterocycles. The van der Waals surface area contributed by atoms with Crippen molar-refractivity contribution in [2.45, 2.75) is 0 Å². The average molecular weight is 181 g/mol. The first-order valence-corrected chi connectivity index (χ1v) is 4.17. The van der Waals surface area contributed by atoms with E-state index in [2.05, 4.69) is 26.4 Å². The van der Waals surface area contributed by atoms with Gasteiger partial charge in [-0.25, -0.2) is 9.97 Å². The maximum atomic E-state index is 4.16. The Labute approximate surface area is 79.6 Å². The standard InChI is InChI=1S/C10H5N4/c1-2-13-14-10-4-8-5-11-6-12-9(8)3-7(1)10/h1,3-6H. The van der Waals surface area contributed by atoms with Crippen molar-refractivity contribution >= 4 is 21.8 Å². The average Bonchev–Trinajstić information content (AvgIpc) is 2.26. The lowest BCUT2D eigenvalue weighted by Crippen LogP contribution is -1.85. The van der Waals surface area contributed by atoms with Crippen molar-refractivity contribution in [3.63, 3.8) is 0 Å². The second kappa shape index (κ2) is 2.70. The van der Waals surface area contributed by atoms with Gasteiger partial charge in [-0.05, 0) is 18.2 Å². The molecule has 3 aromatic rings. The van der Waals surface area contributed by atoms with Gasteiger partial charge in [0.25, 0.3) is 0 Å². The molecule has 65 valence electrons. The van der Waals surface area contributed by atoms with E-state index in [0.717, 1.165) is 21.8 Å². The molecule has 0 aliphatic rings. The molecule has 0 atom stereocenters. The van der Waals surface area contributed by atoms with Gasteiger partial charge in [-0.3, -0.25) is 0 Å². The molecule has 4 heteroatoms. The zero-order valence-electron chi connectivity index (χ0n) is 7.18. The molecule has 2 aromatic heterocycles. The number of hydrogen-bond donors (Lipinski definition) is 0. The lowest BCUT2D eigenvalue weighted by atomic mass is 10.2. The molecule has 4 nitrogen and oxygen atoms in total. The first-order chi connectivity index (χ1) is 6.93. The van der Waals surface area contributed by atoms with E-state index < -0.39 is 0 Å². The zero-order valence-corrected chi connectivity index (χ0v) is 7.18. The molecule has 0 spiro atoms. The highest BCUT2D eigenvalue weighted by Gasteiger charge is 1.98.